The summed E-state index contributed by atoms with van der Waals surface area (Å²) in [6.45, 7) is 2.47. The van der Waals surface area contributed by atoms with Crippen molar-refractivity contribution in [3.05, 3.63) is 47.6 Å². The third-order valence-electron chi connectivity index (χ3n) is 4.41. The Kier molecular flexibility index (Phi) is 4.49. The fourth-order valence-electron chi connectivity index (χ4n) is 3.15. The van der Waals surface area contributed by atoms with E-state index < -0.39 is 0 Å². The van der Waals surface area contributed by atoms with E-state index in [0.29, 0.717) is 18.1 Å². The Morgan fingerprint density at radius 3 is 2.77 bits per heavy atom. The molecule has 4 rings (SSSR count). The van der Waals surface area contributed by atoms with Gasteiger partial charge in [-0.3, -0.25) is 0 Å². The molecule has 3 aromatic rings. The molecular formula is C18H21N7O. The van der Waals surface area contributed by atoms with Gasteiger partial charge in [-0.1, -0.05) is 0 Å². The van der Waals surface area contributed by atoms with Crippen LogP contribution < -0.4 is 16.0 Å². The standard InChI is InChI=1S/C18H21N7O/c1-25(11-12-9-21-18(19)22-10-12)17-13-4-6-20-7-5-14(13)23-16(24-17)15-3-2-8-26-15/h2-3,8-10,20H,4-7,11H2,1H3,(H2,19,21,22). The number of nitrogen functional groups attached to an aromatic ring is 1. The summed E-state index contributed by atoms with van der Waals surface area (Å²) in [6, 6.07) is 3.73. The molecule has 0 radical (unpaired) electrons. The summed E-state index contributed by atoms with van der Waals surface area (Å²) in [4.78, 5) is 19.8. The lowest BCUT2D eigenvalue weighted by atomic mass is 10.1. The molecular weight excluding hydrogens is 330 g/mol. The first-order valence-electron chi connectivity index (χ1n) is 8.62. The van der Waals surface area contributed by atoms with Crippen molar-refractivity contribution < 1.29 is 4.42 Å². The Morgan fingerprint density at radius 2 is 2.00 bits per heavy atom. The molecule has 0 fully saturated rings. The number of fused-ring (bicyclic) bond motifs is 1. The molecule has 1 aliphatic rings. The van der Waals surface area contributed by atoms with E-state index in [1.54, 1.807) is 18.7 Å². The molecule has 3 N–H and O–H groups in total. The summed E-state index contributed by atoms with van der Waals surface area (Å²) in [6.07, 6.45) is 6.89. The minimum absolute atomic E-state index is 0.276. The van der Waals surface area contributed by atoms with Gasteiger partial charge >= 0.3 is 0 Å². The Hall–Kier alpha value is -3.00. The van der Waals surface area contributed by atoms with Crippen molar-refractivity contribution in [2.75, 3.05) is 30.8 Å². The number of hydrogen-bond acceptors (Lipinski definition) is 8. The fraction of sp³-hybridized carbons (Fsp3) is 0.333. The molecule has 1 aliphatic heterocycles. The molecule has 0 saturated carbocycles. The highest BCUT2D eigenvalue weighted by atomic mass is 16.3. The van der Waals surface area contributed by atoms with E-state index in [9.17, 15) is 0 Å². The third kappa shape index (κ3) is 3.36. The molecule has 0 saturated heterocycles. The van der Waals surface area contributed by atoms with E-state index in [4.69, 9.17) is 20.1 Å². The summed E-state index contributed by atoms with van der Waals surface area (Å²) in [5.74, 6) is 2.49. The van der Waals surface area contributed by atoms with Gasteiger partial charge in [-0.05, 0) is 25.1 Å². The average Bonchev–Trinajstić information content (AvgIpc) is 3.08. The summed E-state index contributed by atoms with van der Waals surface area (Å²) >= 11 is 0. The van der Waals surface area contributed by atoms with Crippen LogP contribution in [-0.4, -0.2) is 40.1 Å². The zero-order valence-electron chi connectivity index (χ0n) is 14.6. The molecule has 0 aromatic carbocycles. The lowest BCUT2D eigenvalue weighted by Gasteiger charge is -2.22. The van der Waals surface area contributed by atoms with Crippen molar-refractivity contribution in [3.8, 4) is 11.6 Å². The number of hydrogen-bond donors (Lipinski definition) is 2. The highest BCUT2D eigenvalue weighted by Crippen LogP contribution is 2.27. The summed E-state index contributed by atoms with van der Waals surface area (Å²) in [5.41, 5.74) is 8.81. The second-order valence-electron chi connectivity index (χ2n) is 6.33. The van der Waals surface area contributed by atoms with Gasteiger partial charge in [0, 0.05) is 50.1 Å². The minimum atomic E-state index is 0.276. The maximum atomic E-state index is 5.58. The van der Waals surface area contributed by atoms with Crippen molar-refractivity contribution in [2.45, 2.75) is 19.4 Å². The van der Waals surface area contributed by atoms with Crippen LogP contribution in [0.15, 0.2) is 35.2 Å². The third-order valence-corrected chi connectivity index (χ3v) is 4.41. The van der Waals surface area contributed by atoms with Crippen LogP contribution in [-0.2, 0) is 19.4 Å². The Morgan fingerprint density at radius 1 is 1.19 bits per heavy atom. The number of rotatable bonds is 4. The molecule has 0 aliphatic carbocycles. The molecule has 26 heavy (non-hydrogen) atoms. The van der Waals surface area contributed by atoms with Gasteiger partial charge in [0.05, 0.1) is 12.0 Å². The van der Waals surface area contributed by atoms with Crippen molar-refractivity contribution >= 4 is 11.8 Å². The molecule has 4 heterocycles. The maximum absolute atomic E-state index is 5.58. The molecule has 0 spiro atoms. The maximum Gasteiger partial charge on any atom is 0.219 e. The van der Waals surface area contributed by atoms with Gasteiger partial charge in [0.2, 0.25) is 5.95 Å². The molecule has 0 bridgehead atoms. The summed E-state index contributed by atoms with van der Waals surface area (Å²) in [7, 11) is 2.02. The number of nitrogens with zero attached hydrogens (tertiary/aromatic N) is 5. The van der Waals surface area contributed by atoms with Gasteiger partial charge in [-0.15, -0.1) is 0 Å². The fourth-order valence-corrected chi connectivity index (χ4v) is 3.15. The van der Waals surface area contributed by atoms with Gasteiger partial charge in [-0.2, -0.15) is 0 Å². The number of nitrogens with one attached hydrogen (secondary N) is 1. The first-order chi connectivity index (χ1) is 12.7. The predicted molar refractivity (Wildman–Crippen MR) is 98.6 cm³/mol. The normalized spacial score (nSPS) is 13.9. The van der Waals surface area contributed by atoms with Crippen LogP contribution in [0.4, 0.5) is 11.8 Å². The van der Waals surface area contributed by atoms with E-state index in [2.05, 4.69) is 20.2 Å². The van der Waals surface area contributed by atoms with Crippen molar-refractivity contribution in [3.63, 3.8) is 0 Å². The van der Waals surface area contributed by atoms with E-state index >= 15 is 0 Å². The second-order valence-corrected chi connectivity index (χ2v) is 6.33. The summed E-state index contributed by atoms with van der Waals surface area (Å²) in [5, 5.41) is 3.43. The number of nitrogens with two attached hydrogens (primary N) is 1. The van der Waals surface area contributed by atoms with Crippen LogP contribution in [0.25, 0.3) is 11.6 Å². The van der Waals surface area contributed by atoms with Crippen LogP contribution in [0.1, 0.15) is 16.8 Å². The predicted octanol–water partition coefficient (Wildman–Crippen LogP) is 1.43. The van der Waals surface area contributed by atoms with Crippen molar-refractivity contribution in [2.24, 2.45) is 0 Å². The van der Waals surface area contributed by atoms with Gasteiger partial charge in [0.15, 0.2) is 11.6 Å². The van der Waals surface area contributed by atoms with Gasteiger partial charge in [0.25, 0.3) is 0 Å². The topological polar surface area (TPSA) is 106 Å². The Balaban J connectivity index is 1.72. The minimum Gasteiger partial charge on any atom is -0.461 e. The molecule has 0 unspecified atom stereocenters. The van der Waals surface area contributed by atoms with Gasteiger partial charge in [0.1, 0.15) is 5.82 Å². The molecule has 8 heteroatoms. The smallest absolute Gasteiger partial charge is 0.219 e. The largest absolute Gasteiger partial charge is 0.461 e. The van der Waals surface area contributed by atoms with Crippen LogP contribution in [0, 0.1) is 0 Å². The Bertz CT molecular complexity index is 877. The van der Waals surface area contributed by atoms with Crippen LogP contribution >= 0.6 is 0 Å². The van der Waals surface area contributed by atoms with E-state index in [0.717, 1.165) is 43.0 Å². The molecule has 134 valence electrons. The molecule has 0 amide bonds. The molecule has 8 nitrogen and oxygen atoms in total. The van der Waals surface area contributed by atoms with Gasteiger partial charge in [-0.25, -0.2) is 19.9 Å². The molecule has 0 atom stereocenters. The van der Waals surface area contributed by atoms with Crippen LogP contribution in [0.2, 0.25) is 0 Å². The quantitative estimate of drug-likeness (QED) is 0.727. The lowest BCUT2D eigenvalue weighted by Crippen LogP contribution is -2.22. The zero-order chi connectivity index (χ0) is 17.9. The summed E-state index contributed by atoms with van der Waals surface area (Å²) < 4.78 is 5.51. The highest BCUT2D eigenvalue weighted by molar-refractivity contribution is 5.57. The van der Waals surface area contributed by atoms with Crippen molar-refractivity contribution in [1.82, 2.24) is 25.3 Å². The van der Waals surface area contributed by atoms with E-state index in [1.807, 2.05) is 19.2 Å². The first-order valence-corrected chi connectivity index (χ1v) is 8.62. The number of anilines is 2. The van der Waals surface area contributed by atoms with Crippen LogP contribution in [0.5, 0.6) is 0 Å². The Labute approximate surface area is 151 Å². The van der Waals surface area contributed by atoms with Crippen LogP contribution in [0.3, 0.4) is 0 Å². The SMILES string of the molecule is CN(Cc1cnc(N)nc1)c1nc(-c2ccco2)nc2c1CCNCC2. The zero-order valence-corrected chi connectivity index (χ0v) is 14.6. The second kappa shape index (κ2) is 7.09. The average molecular weight is 351 g/mol. The van der Waals surface area contributed by atoms with Gasteiger partial charge < -0.3 is 20.4 Å². The van der Waals surface area contributed by atoms with Crippen molar-refractivity contribution in [1.29, 1.82) is 0 Å². The lowest BCUT2D eigenvalue weighted by molar-refractivity contribution is 0.576. The van der Waals surface area contributed by atoms with E-state index in [1.165, 1.54) is 5.56 Å². The number of aromatic nitrogens is 4. The first kappa shape index (κ1) is 16.5. The van der Waals surface area contributed by atoms with E-state index in [-0.39, 0.29) is 5.95 Å². The number of furan rings is 1. The highest BCUT2D eigenvalue weighted by Gasteiger charge is 2.20. The molecule has 3 aromatic heterocycles. The monoisotopic (exact) mass is 351 g/mol.